The van der Waals surface area contributed by atoms with E-state index in [1.165, 1.54) is 14.0 Å². The first-order chi connectivity index (χ1) is 13.5. The second-order valence-electron chi connectivity index (χ2n) is 8.23. The molecule has 29 heavy (non-hydrogen) atoms. The van der Waals surface area contributed by atoms with Gasteiger partial charge in [-0.2, -0.15) is 0 Å². The molecule has 2 rings (SSSR count). The SMILES string of the molecule is COc1cccc([C@H]2[C@H](C(=O)OC(C)C)C(=O)C[C@](C)(O)[C@H]2C(=O)OC(C)C)c1. The normalized spacial score (nSPS) is 27.1. The molecule has 1 aromatic rings. The van der Waals surface area contributed by atoms with E-state index in [-0.39, 0.29) is 6.42 Å². The summed E-state index contributed by atoms with van der Waals surface area (Å²) < 4.78 is 16.0. The van der Waals surface area contributed by atoms with Crippen molar-refractivity contribution in [3.8, 4) is 5.75 Å². The zero-order chi connectivity index (χ0) is 21.9. The molecule has 1 aliphatic carbocycles. The smallest absolute Gasteiger partial charge is 0.317 e. The van der Waals surface area contributed by atoms with Crippen molar-refractivity contribution in [3.63, 3.8) is 0 Å². The zero-order valence-corrected chi connectivity index (χ0v) is 17.8. The van der Waals surface area contributed by atoms with Gasteiger partial charge < -0.3 is 19.3 Å². The monoisotopic (exact) mass is 406 g/mol. The van der Waals surface area contributed by atoms with Crippen LogP contribution in [0.3, 0.4) is 0 Å². The van der Waals surface area contributed by atoms with Gasteiger partial charge >= 0.3 is 11.9 Å². The molecule has 1 fully saturated rings. The number of ether oxygens (including phenoxy) is 3. The van der Waals surface area contributed by atoms with E-state index >= 15 is 0 Å². The number of ketones is 1. The summed E-state index contributed by atoms with van der Waals surface area (Å²) in [6.07, 6.45) is -1.18. The average molecular weight is 406 g/mol. The van der Waals surface area contributed by atoms with Crippen molar-refractivity contribution in [2.24, 2.45) is 11.8 Å². The van der Waals surface area contributed by atoms with E-state index in [2.05, 4.69) is 0 Å². The van der Waals surface area contributed by atoms with Crippen LogP contribution in [0.1, 0.15) is 52.5 Å². The molecule has 1 aliphatic rings. The highest BCUT2D eigenvalue weighted by atomic mass is 16.5. The molecule has 0 amide bonds. The van der Waals surface area contributed by atoms with Gasteiger partial charge in [0.15, 0.2) is 5.78 Å². The van der Waals surface area contributed by atoms with Gasteiger partial charge in [0, 0.05) is 12.3 Å². The van der Waals surface area contributed by atoms with Crippen molar-refractivity contribution < 1.29 is 33.7 Å². The Kier molecular flexibility index (Phi) is 7.06. The molecule has 7 heteroatoms. The van der Waals surface area contributed by atoms with E-state index in [0.717, 1.165) is 0 Å². The third-order valence-corrected chi connectivity index (χ3v) is 4.96. The summed E-state index contributed by atoms with van der Waals surface area (Å²) in [6, 6.07) is 6.78. The lowest BCUT2D eigenvalue weighted by Crippen LogP contribution is -2.55. The van der Waals surface area contributed by atoms with Gasteiger partial charge in [-0.15, -0.1) is 0 Å². The van der Waals surface area contributed by atoms with Gasteiger partial charge in [-0.1, -0.05) is 12.1 Å². The number of rotatable bonds is 6. The van der Waals surface area contributed by atoms with Crippen molar-refractivity contribution in [3.05, 3.63) is 29.8 Å². The van der Waals surface area contributed by atoms with Crippen molar-refractivity contribution in [1.82, 2.24) is 0 Å². The second-order valence-corrected chi connectivity index (χ2v) is 8.23. The molecule has 0 aliphatic heterocycles. The predicted octanol–water partition coefficient (Wildman–Crippen LogP) is 2.64. The maximum atomic E-state index is 13.0. The van der Waals surface area contributed by atoms with E-state index in [0.29, 0.717) is 11.3 Å². The Morgan fingerprint density at radius 1 is 1.10 bits per heavy atom. The maximum Gasteiger partial charge on any atom is 0.317 e. The van der Waals surface area contributed by atoms with E-state index in [1.54, 1.807) is 52.0 Å². The summed E-state index contributed by atoms with van der Waals surface area (Å²) in [6.45, 7) is 8.20. The molecular formula is C22H30O7. The molecule has 0 bridgehead atoms. The summed E-state index contributed by atoms with van der Waals surface area (Å²) in [5, 5.41) is 11.0. The van der Waals surface area contributed by atoms with Crippen LogP contribution >= 0.6 is 0 Å². The molecule has 0 heterocycles. The number of esters is 2. The first-order valence-corrected chi connectivity index (χ1v) is 9.78. The molecule has 4 atom stereocenters. The highest BCUT2D eigenvalue weighted by Gasteiger charge is 2.57. The van der Waals surface area contributed by atoms with Gasteiger partial charge in [0.25, 0.3) is 0 Å². The number of carbonyl (C=O) groups is 3. The van der Waals surface area contributed by atoms with Crippen LogP contribution in [0.5, 0.6) is 5.75 Å². The summed E-state index contributed by atoms with van der Waals surface area (Å²) >= 11 is 0. The van der Waals surface area contributed by atoms with Gasteiger partial charge in [0.1, 0.15) is 11.7 Å². The Balaban J connectivity index is 2.63. The number of aliphatic hydroxyl groups is 1. The molecule has 0 spiro atoms. The Hall–Kier alpha value is -2.41. The van der Waals surface area contributed by atoms with Crippen molar-refractivity contribution in [2.75, 3.05) is 7.11 Å². The fourth-order valence-corrected chi connectivity index (χ4v) is 3.88. The average Bonchev–Trinajstić information content (AvgIpc) is 2.58. The van der Waals surface area contributed by atoms with Crippen LogP contribution in [0.15, 0.2) is 24.3 Å². The van der Waals surface area contributed by atoms with Crippen molar-refractivity contribution in [1.29, 1.82) is 0 Å². The van der Waals surface area contributed by atoms with E-state index < -0.39 is 53.3 Å². The second kappa shape index (κ2) is 8.95. The number of hydrogen-bond acceptors (Lipinski definition) is 7. The molecule has 1 aromatic carbocycles. The highest BCUT2D eigenvalue weighted by Crippen LogP contribution is 2.47. The Bertz CT molecular complexity index is 758. The molecule has 0 aromatic heterocycles. The van der Waals surface area contributed by atoms with E-state index in [4.69, 9.17) is 14.2 Å². The van der Waals surface area contributed by atoms with Crippen LogP contribution in [0.25, 0.3) is 0 Å². The molecule has 0 saturated heterocycles. The fourth-order valence-electron chi connectivity index (χ4n) is 3.88. The third kappa shape index (κ3) is 5.15. The Morgan fingerprint density at radius 3 is 2.24 bits per heavy atom. The molecule has 1 saturated carbocycles. The minimum atomic E-state index is -1.68. The van der Waals surface area contributed by atoms with Crippen LogP contribution in [0, 0.1) is 11.8 Å². The van der Waals surface area contributed by atoms with Crippen LogP contribution < -0.4 is 4.74 Å². The molecular weight excluding hydrogens is 376 g/mol. The molecule has 160 valence electrons. The van der Waals surface area contributed by atoms with Crippen LogP contribution in [0.2, 0.25) is 0 Å². The van der Waals surface area contributed by atoms with Crippen LogP contribution in [-0.4, -0.2) is 47.7 Å². The largest absolute Gasteiger partial charge is 0.497 e. The third-order valence-electron chi connectivity index (χ3n) is 4.96. The van der Waals surface area contributed by atoms with Crippen LogP contribution in [0.4, 0.5) is 0 Å². The summed E-state index contributed by atoms with van der Waals surface area (Å²) in [4.78, 5) is 38.8. The van der Waals surface area contributed by atoms with Gasteiger partial charge in [-0.3, -0.25) is 14.4 Å². The minimum absolute atomic E-state index is 0.344. The molecule has 0 unspecified atom stereocenters. The molecule has 1 N–H and O–H groups in total. The van der Waals surface area contributed by atoms with Gasteiger partial charge in [0.2, 0.25) is 0 Å². The number of hydrogen-bond donors (Lipinski definition) is 1. The number of methoxy groups -OCH3 is 1. The zero-order valence-electron chi connectivity index (χ0n) is 17.8. The van der Waals surface area contributed by atoms with Crippen LogP contribution in [-0.2, 0) is 23.9 Å². The fraction of sp³-hybridized carbons (Fsp3) is 0.591. The van der Waals surface area contributed by atoms with Crippen molar-refractivity contribution in [2.45, 2.75) is 64.8 Å². The first kappa shape index (κ1) is 22.9. The number of benzene rings is 1. The Labute approximate surface area is 171 Å². The summed E-state index contributed by atoms with van der Waals surface area (Å²) in [5.41, 5.74) is -1.15. The summed E-state index contributed by atoms with van der Waals surface area (Å²) in [7, 11) is 1.50. The topological polar surface area (TPSA) is 99.1 Å². The quantitative estimate of drug-likeness (QED) is 0.573. The van der Waals surface area contributed by atoms with Gasteiger partial charge in [0.05, 0.1) is 30.8 Å². The predicted molar refractivity (Wildman–Crippen MR) is 105 cm³/mol. The van der Waals surface area contributed by atoms with E-state index in [1.807, 2.05) is 0 Å². The first-order valence-electron chi connectivity index (χ1n) is 9.78. The molecule has 7 nitrogen and oxygen atoms in total. The number of carbonyl (C=O) groups excluding carboxylic acids is 3. The van der Waals surface area contributed by atoms with Crippen molar-refractivity contribution >= 4 is 17.7 Å². The lowest BCUT2D eigenvalue weighted by molar-refractivity contribution is -0.176. The van der Waals surface area contributed by atoms with Gasteiger partial charge in [-0.05, 0) is 52.3 Å². The van der Waals surface area contributed by atoms with E-state index in [9.17, 15) is 19.5 Å². The Morgan fingerprint density at radius 2 is 1.69 bits per heavy atom. The minimum Gasteiger partial charge on any atom is -0.497 e. The highest BCUT2D eigenvalue weighted by molar-refractivity contribution is 6.02. The van der Waals surface area contributed by atoms with Gasteiger partial charge in [-0.25, -0.2) is 0 Å². The maximum absolute atomic E-state index is 13.0. The summed E-state index contributed by atoms with van der Waals surface area (Å²) in [5.74, 6) is -4.63. The lowest BCUT2D eigenvalue weighted by Gasteiger charge is -2.44. The molecule has 0 radical (unpaired) electrons. The number of Topliss-reactive ketones (excluding diaryl/α,β-unsaturated/α-hetero) is 1. The standard InChI is InChI=1S/C22H30O7/c1-12(2)28-20(24)18-16(23)11-22(5,26)19(21(25)29-13(3)4)17(18)14-8-7-9-15(10-14)27-6/h7-10,12-13,17-19,26H,11H2,1-6H3/t17-,18+,19+,22-/m0/s1. The lowest BCUT2D eigenvalue weighted by atomic mass is 9.61.